The van der Waals surface area contributed by atoms with Crippen LogP contribution in [-0.2, 0) is 19.0 Å². The van der Waals surface area contributed by atoms with Crippen molar-refractivity contribution in [1.29, 1.82) is 0 Å². The third-order valence-electron chi connectivity index (χ3n) is 5.39. The first-order chi connectivity index (χ1) is 15.8. The third kappa shape index (κ3) is 26.8. The number of ether oxygens (including phenoxy) is 3. The fraction of sp³-hybridized carbons (Fsp3) is 0.926. The normalized spacial score (nSPS) is 11.4. The number of esters is 1. The molecule has 0 spiro atoms. The Balaban J connectivity index is 3.26. The van der Waals surface area contributed by atoms with Crippen LogP contribution in [0.4, 0.5) is 4.79 Å². The molecule has 1 amide bonds. The number of unbranched alkanes of at least 4 members (excludes halogenated alkanes) is 14. The number of amides is 1. The van der Waals surface area contributed by atoms with Crippen LogP contribution in [0.25, 0.3) is 0 Å². The average Bonchev–Trinajstić information content (AvgIpc) is 2.74. The molecule has 0 aromatic rings. The van der Waals surface area contributed by atoms with Gasteiger partial charge in [-0.05, 0) is 27.2 Å². The Morgan fingerprint density at radius 1 is 0.667 bits per heavy atom. The van der Waals surface area contributed by atoms with Crippen molar-refractivity contribution in [2.24, 2.45) is 0 Å². The van der Waals surface area contributed by atoms with Crippen molar-refractivity contribution in [1.82, 2.24) is 5.32 Å². The van der Waals surface area contributed by atoms with E-state index in [4.69, 9.17) is 14.2 Å². The molecular weight excluding hydrogens is 418 g/mol. The quantitative estimate of drug-likeness (QED) is 0.132. The van der Waals surface area contributed by atoms with E-state index in [1.54, 1.807) is 0 Å². The molecule has 0 aliphatic carbocycles. The molecule has 0 aliphatic rings. The van der Waals surface area contributed by atoms with Crippen LogP contribution >= 0.6 is 0 Å². The van der Waals surface area contributed by atoms with Crippen LogP contribution in [0.5, 0.6) is 0 Å². The minimum absolute atomic E-state index is 0.153. The standard InChI is InChI=1S/C27H53NO5/c1-5-6-7-8-9-10-11-12-13-14-15-16-17-18-19-20-25(29)32-24-23-31-22-21-28-26(30)33-27(2,3)4/h5-24H2,1-4H3,(H,28,30). The Morgan fingerprint density at radius 2 is 1.15 bits per heavy atom. The fourth-order valence-electron chi connectivity index (χ4n) is 3.57. The van der Waals surface area contributed by atoms with Gasteiger partial charge in [-0.2, -0.15) is 0 Å². The van der Waals surface area contributed by atoms with E-state index in [0.29, 0.717) is 26.2 Å². The molecule has 0 aliphatic heterocycles. The monoisotopic (exact) mass is 471 g/mol. The van der Waals surface area contributed by atoms with Crippen LogP contribution < -0.4 is 5.32 Å². The van der Waals surface area contributed by atoms with Crippen LogP contribution in [0.1, 0.15) is 130 Å². The summed E-state index contributed by atoms with van der Waals surface area (Å²) >= 11 is 0. The molecule has 0 aromatic heterocycles. The van der Waals surface area contributed by atoms with Crippen LogP contribution in [-0.4, -0.2) is 44.0 Å². The van der Waals surface area contributed by atoms with Gasteiger partial charge in [-0.3, -0.25) is 4.79 Å². The molecule has 196 valence electrons. The molecule has 0 heterocycles. The van der Waals surface area contributed by atoms with E-state index in [0.717, 1.165) is 12.8 Å². The minimum atomic E-state index is -0.508. The number of alkyl carbamates (subject to hydrolysis) is 1. The number of hydrogen-bond donors (Lipinski definition) is 1. The van der Waals surface area contributed by atoms with Crippen molar-refractivity contribution in [2.45, 2.75) is 136 Å². The van der Waals surface area contributed by atoms with E-state index in [9.17, 15) is 9.59 Å². The number of carbonyl (C=O) groups is 2. The maximum absolute atomic E-state index is 11.7. The van der Waals surface area contributed by atoms with Crippen molar-refractivity contribution in [3.8, 4) is 0 Å². The van der Waals surface area contributed by atoms with E-state index in [-0.39, 0.29) is 12.6 Å². The highest BCUT2D eigenvalue weighted by atomic mass is 16.6. The summed E-state index contributed by atoms with van der Waals surface area (Å²) in [7, 11) is 0. The van der Waals surface area contributed by atoms with Crippen molar-refractivity contribution >= 4 is 12.1 Å². The summed E-state index contributed by atoms with van der Waals surface area (Å²) in [6.07, 6.45) is 19.8. The molecule has 0 unspecified atom stereocenters. The van der Waals surface area contributed by atoms with Gasteiger partial charge in [0.2, 0.25) is 0 Å². The first kappa shape index (κ1) is 31.7. The van der Waals surface area contributed by atoms with E-state index in [2.05, 4.69) is 12.2 Å². The first-order valence-electron chi connectivity index (χ1n) is 13.6. The summed E-state index contributed by atoms with van der Waals surface area (Å²) in [5.41, 5.74) is -0.508. The molecule has 33 heavy (non-hydrogen) atoms. The molecule has 0 radical (unpaired) electrons. The molecule has 0 rings (SSSR count). The topological polar surface area (TPSA) is 73.9 Å². The van der Waals surface area contributed by atoms with Gasteiger partial charge < -0.3 is 19.5 Å². The average molecular weight is 472 g/mol. The minimum Gasteiger partial charge on any atom is -0.463 e. The van der Waals surface area contributed by atoms with Gasteiger partial charge in [-0.15, -0.1) is 0 Å². The third-order valence-corrected chi connectivity index (χ3v) is 5.39. The Labute approximate surface area is 203 Å². The molecule has 0 saturated carbocycles. The lowest BCUT2D eigenvalue weighted by Crippen LogP contribution is -2.34. The molecule has 0 bridgehead atoms. The number of carbonyl (C=O) groups excluding carboxylic acids is 2. The highest BCUT2D eigenvalue weighted by molar-refractivity contribution is 5.69. The van der Waals surface area contributed by atoms with E-state index >= 15 is 0 Å². The molecule has 6 heteroatoms. The summed E-state index contributed by atoms with van der Waals surface area (Å²) in [4.78, 5) is 23.2. The van der Waals surface area contributed by atoms with Gasteiger partial charge in [-0.1, -0.05) is 96.8 Å². The second-order valence-electron chi connectivity index (χ2n) is 9.96. The van der Waals surface area contributed by atoms with Gasteiger partial charge in [0.25, 0.3) is 0 Å². The zero-order valence-electron chi connectivity index (χ0n) is 22.2. The van der Waals surface area contributed by atoms with Gasteiger partial charge in [-0.25, -0.2) is 4.79 Å². The van der Waals surface area contributed by atoms with E-state index in [1.165, 1.54) is 83.5 Å². The van der Waals surface area contributed by atoms with Crippen molar-refractivity contribution < 1.29 is 23.8 Å². The predicted octanol–water partition coefficient (Wildman–Crippen LogP) is 7.33. The maximum atomic E-state index is 11.7. The van der Waals surface area contributed by atoms with E-state index in [1.807, 2.05) is 20.8 Å². The van der Waals surface area contributed by atoms with Crippen LogP contribution in [0.2, 0.25) is 0 Å². The van der Waals surface area contributed by atoms with Crippen LogP contribution in [0.3, 0.4) is 0 Å². The summed E-state index contributed by atoms with van der Waals surface area (Å²) < 4.78 is 15.7. The molecule has 0 fully saturated rings. The highest BCUT2D eigenvalue weighted by Crippen LogP contribution is 2.13. The SMILES string of the molecule is CCCCCCCCCCCCCCCCCC(=O)OCCOCCNC(=O)OC(C)(C)C. The lowest BCUT2D eigenvalue weighted by Gasteiger charge is -2.19. The molecule has 1 N–H and O–H groups in total. The highest BCUT2D eigenvalue weighted by Gasteiger charge is 2.15. The van der Waals surface area contributed by atoms with Gasteiger partial charge in [0, 0.05) is 13.0 Å². The van der Waals surface area contributed by atoms with Gasteiger partial charge >= 0.3 is 12.1 Å². The lowest BCUT2D eigenvalue weighted by molar-refractivity contribution is -0.145. The summed E-state index contributed by atoms with van der Waals surface area (Å²) in [5, 5.41) is 2.62. The van der Waals surface area contributed by atoms with Crippen molar-refractivity contribution in [3.05, 3.63) is 0 Å². The first-order valence-corrected chi connectivity index (χ1v) is 13.6. The molecule has 6 nitrogen and oxygen atoms in total. The fourth-order valence-corrected chi connectivity index (χ4v) is 3.57. The summed E-state index contributed by atoms with van der Waals surface area (Å²) in [6, 6.07) is 0. The van der Waals surface area contributed by atoms with Gasteiger partial charge in [0.05, 0.1) is 13.2 Å². The second kappa shape index (κ2) is 22.5. The largest absolute Gasteiger partial charge is 0.463 e. The number of rotatable bonds is 22. The maximum Gasteiger partial charge on any atom is 0.407 e. The Bertz CT molecular complexity index is 462. The lowest BCUT2D eigenvalue weighted by atomic mass is 10.0. The van der Waals surface area contributed by atoms with Crippen molar-refractivity contribution in [2.75, 3.05) is 26.4 Å². The second-order valence-corrected chi connectivity index (χ2v) is 9.96. The molecular formula is C27H53NO5. The van der Waals surface area contributed by atoms with Crippen molar-refractivity contribution in [3.63, 3.8) is 0 Å². The smallest absolute Gasteiger partial charge is 0.407 e. The van der Waals surface area contributed by atoms with E-state index < -0.39 is 11.7 Å². The summed E-state index contributed by atoms with van der Waals surface area (Å²) in [6.45, 7) is 9.03. The Morgan fingerprint density at radius 3 is 1.64 bits per heavy atom. The molecule has 0 saturated heterocycles. The zero-order valence-corrected chi connectivity index (χ0v) is 22.2. The Kier molecular flexibility index (Phi) is 21.6. The zero-order chi connectivity index (χ0) is 24.6. The van der Waals surface area contributed by atoms with Gasteiger partial charge in [0.15, 0.2) is 0 Å². The summed E-state index contributed by atoms with van der Waals surface area (Å²) in [5.74, 6) is -0.153. The van der Waals surface area contributed by atoms with Crippen LogP contribution in [0.15, 0.2) is 0 Å². The predicted molar refractivity (Wildman–Crippen MR) is 136 cm³/mol. The van der Waals surface area contributed by atoms with Gasteiger partial charge in [0.1, 0.15) is 12.2 Å². The number of hydrogen-bond acceptors (Lipinski definition) is 5. The Hall–Kier alpha value is -1.30. The van der Waals surface area contributed by atoms with Crippen LogP contribution in [0, 0.1) is 0 Å². The number of nitrogens with one attached hydrogen (secondary N) is 1. The molecule has 0 aromatic carbocycles. The molecule has 0 atom stereocenters.